The van der Waals surface area contributed by atoms with Gasteiger partial charge in [-0.25, -0.2) is 13.6 Å². The van der Waals surface area contributed by atoms with E-state index in [1.807, 2.05) is 6.92 Å². The Morgan fingerprint density at radius 2 is 1.92 bits per heavy atom. The van der Waals surface area contributed by atoms with Crippen molar-refractivity contribution >= 4 is 15.9 Å². The molecule has 0 fully saturated rings. The molecule has 0 aliphatic carbocycles. The average Bonchev–Trinajstić information content (AvgIpc) is 2.94. The lowest BCUT2D eigenvalue weighted by Crippen LogP contribution is -2.42. The number of primary sulfonamides is 1. The van der Waals surface area contributed by atoms with Crippen LogP contribution in [0.15, 0.2) is 29.2 Å². The highest BCUT2D eigenvalue weighted by Crippen LogP contribution is 2.28. The van der Waals surface area contributed by atoms with E-state index in [1.165, 1.54) is 24.3 Å². The summed E-state index contributed by atoms with van der Waals surface area (Å²) in [5, 5.41) is 13.5. The highest BCUT2D eigenvalue weighted by molar-refractivity contribution is 7.89. The first-order valence-corrected chi connectivity index (χ1v) is 10.0. The maximum atomic E-state index is 12.9. The van der Waals surface area contributed by atoms with Gasteiger partial charge in [0.25, 0.3) is 5.91 Å². The third kappa shape index (κ3) is 3.63. The third-order valence-electron chi connectivity index (χ3n) is 4.53. The van der Waals surface area contributed by atoms with Crippen molar-refractivity contribution in [3.8, 4) is 0 Å². The van der Waals surface area contributed by atoms with Crippen LogP contribution in [-0.2, 0) is 16.6 Å². The van der Waals surface area contributed by atoms with Gasteiger partial charge >= 0.3 is 0 Å². The van der Waals surface area contributed by atoms with Gasteiger partial charge < -0.3 is 9.47 Å². The molecule has 3 rings (SSSR count). The summed E-state index contributed by atoms with van der Waals surface area (Å²) in [6, 6.07) is 5.81. The van der Waals surface area contributed by atoms with Gasteiger partial charge in [0.2, 0.25) is 10.0 Å². The van der Waals surface area contributed by atoms with Crippen LogP contribution < -0.4 is 5.14 Å². The molecule has 9 heteroatoms. The van der Waals surface area contributed by atoms with Crippen LogP contribution in [-0.4, -0.2) is 40.5 Å². The van der Waals surface area contributed by atoms with E-state index in [-0.39, 0.29) is 16.8 Å². The summed E-state index contributed by atoms with van der Waals surface area (Å²) in [6.45, 7) is 7.16. The van der Waals surface area contributed by atoms with Gasteiger partial charge in [0, 0.05) is 12.1 Å². The Hall–Kier alpha value is -2.26. The lowest BCUT2D eigenvalue weighted by atomic mass is 10.0. The van der Waals surface area contributed by atoms with Gasteiger partial charge in [-0.05, 0) is 43.5 Å². The minimum atomic E-state index is -3.78. The van der Waals surface area contributed by atoms with Crippen LogP contribution in [0.5, 0.6) is 0 Å². The minimum absolute atomic E-state index is 0.0132. The number of benzene rings is 1. The molecule has 2 heterocycles. The fraction of sp³-hybridized carbons (Fsp3) is 0.471. The van der Waals surface area contributed by atoms with E-state index in [9.17, 15) is 13.2 Å². The molecule has 0 radical (unpaired) electrons. The van der Waals surface area contributed by atoms with Crippen LogP contribution in [0, 0.1) is 12.8 Å². The first-order chi connectivity index (χ1) is 12.2. The van der Waals surface area contributed by atoms with Crippen LogP contribution >= 0.6 is 0 Å². The normalized spacial score (nSPS) is 17.4. The van der Waals surface area contributed by atoms with Crippen molar-refractivity contribution in [2.45, 2.75) is 44.7 Å². The van der Waals surface area contributed by atoms with Gasteiger partial charge in [0.15, 0.2) is 5.82 Å². The van der Waals surface area contributed by atoms with Crippen molar-refractivity contribution in [1.82, 2.24) is 19.7 Å². The van der Waals surface area contributed by atoms with Crippen molar-refractivity contribution in [3.63, 3.8) is 0 Å². The van der Waals surface area contributed by atoms with Gasteiger partial charge in [-0.2, -0.15) is 0 Å². The fourth-order valence-electron chi connectivity index (χ4n) is 3.42. The van der Waals surface area contributed by atoms with Gasteiger partial charge in [-0.3, -0.25) is 4.79 Å². The number of carbonyl (C=O) groups excluding carboxylic acids is 1. The Bertz CT molecular complexity index is 918. The number of fused-ring (bicyclic) bond motifs is 1. The van der Waals surface area contributed by atoms with E-state index in [2.05, 4.69) is 28.6 Å². The topological polar surface area (TPSA) is 111 Å². The largest absolute Gasteiger partial charge is 0.329 e. The number of hydrogen-bond donors (Lipinski definition) is 1. The predicted octanol–water partition coefficient (Wildman–Crippen LogP) is 1.48. The second kappa shape index (κ2) is 6.81. The lowest BCUT2D eigenvalue weighted by Gasteiger charge is -2.35. The molecule has 0 unspecified atom stereocenters. The number of carbonyl (C=O) groups is 1. The summed E-state index contributed by atoms with van der Waals surface area (Å²) in [6.07, 6.45) is 0.917. The monoisotopic (exact) mass is 377 g/mol. The summed E-state index contributed by atoms with van der Waals surface area (Å²) >= 11 is 0. The molecule has 1 aliphatic rings. The number of nitrogens with zero attached hydrogens (tertiary/aromatic N) is 4. The maximum absolute atomic E-state index is 12.9. The Morgan fingerprint density at radius 3 is 2.50 bits per heavy atom. The van der Waals surface area contributed by atoms with Crippen LogP contribution in [0.4, 0.5) is 0 Å². The molecule has 8 nitrogen and oxygen atoms in total. The Labute approximate surface area is 153 Å². The number of hydrogen-bond acceptors (Lipinski definition) is 5. The number of sulfonamides is 1. The summed E-state index contributed by atoms with van der Waals surface area (Å²) in [5.74, 6) is 1.94. The smallest absolute Gasteiger partial charge is 0.254 e. The molecule has 140 valence electrons. The number of rotatable bonds is 4. The second-order valence-corrected chi connectivity index (χ2v) is 8.63. The molecule has 1 aromatic carbocycles. The van der Waals surface area contributed by atoms with E-state index in [1.54, 1.807) is 4.90 Å². The molecule has 1 aliphatic heterocycles. The van der Waals surface area contributed by atoms with E-state index in [0.717, 1.165) is 18.1 Å². The van der Waals surface area contributed by atoms with Crippen molar-refractivity contribution in [2.75, 3.05) is 6.54 Å². The van der Waals surface area contributed by atoms with Crippen molar-refractivity contribution in [1.29, 1.82) is 0 Å². The highest BCUT2D eigenvalue weighted by atomic mass is 32.2. The van der Waals surface area contributed by atoms with Crippen LogP contribution in [0.3, 0.4) is 0 Å². The first kappa shape index (κ1) is 18.5. The van der Waals surface area contributed by atoms with E-state index in [0.29, 0.717) is 24.6 Å². The fourth-order valence-corrected chi connectivity index (χ4v) is 3.93. The Kier molecular flexibility index (Phi) is 4.85. The van der Waals surface area contributed by atoms with Gasteiger partial charge in [0.1, 0.15) is 5.82 Å². The molecule has 2 N–H and O–H groups in total. The molecule has 0 spiro atoms. The molecular formula is C17H23N5O3S. The van der Waals surface area contributed by atoms with E-state index < -0.39 is 10.0 Å². The summed E-state index contributed by atoms with van der Waals surface area (Å²) in [7, 11) is -3.78. The highest BCUT2D eigenvalue weighted by Gasteiger charge is 2.31. The summed E-state index contributed by atoms with van der Waals surface area (Å²) in [4.78, 5) is 14.6. The second-order valence-electron chi connectivity index (χ2n) is 7.07. The van der Waals surface area contributed by atoms with Gasteiger partial charge in [0.05, 0.1) is 17.5 Å². The molecule has 0 saturated carbocycles. The maximum Gasteiger partial charge on any atom is 0.254 e. The van der Waals surface area contributed by atoms with Gasteiger partial charge in [-0.15, -0.1) is 10.2 Å². The van der Waals surface area contributed by atoms with Gasteiger partial charge in [-0.1, -0.05) is 13.8 Å². The van der Waals surface area contributed by atoms with Crippen molar-refractivity contribution in [3.05, 3.63) is 41.5 Å². The Balaban J connectivity index is 1.86. The summed E-state index contributed by atoms with van der Waals surface area (Å²) in [5.41, 5.74) is 0.422. The molecule has 2 aromatic rings. The minimum Gasteiger partial charge on any atom is -0.329 e. The van der Waals surface area contributed by atoms with E-state index >= 15 is 0 Å². The zero-order valence-electron chi connectivity index (χ0n) is 15.1. The molecule has 26 heavy (non-hydrogen) atoms. The molecule has 1 atom stereocenters. The molecule has 0 saturated heterocycles. The number of aryl methyl sites for hydroxylation is 1. The quantitative estimate of drug-likeness (QED) is 0.867. The number of aromatic nitrogens is 3. The first-order valence-electron chi connectivity index (χ1n) is 8.49. The zero-order chi connectivity index (χ0) is 19.1. The molecular weight excluding hydrogens is 354 g/mol. The molecule has 1 amide bonds. The van der Waals surface area contributed by atoms with Crippen LogP contribution in [0.1, 0.15) is 48.3 Å². The standard InChI is InChI=1S/C17H23N5O3S/c1-11(2)8-14-9-21(10-16-20-19-12(3)22(14)16)17(23)13-4-6-15(7-5-13)26(18,24)25/h4-7,11,14H,8-10H2,1-3H3,(H2,18,24,25)/t14-/m0/s1. The average molecular weight is 377 g/mol. The third-order valence-corrected chi connectivity index (χ3v) is 5.46. The Morgan fingerprint density at radius 1 is 1.27 bits per heavy atom. The van der Waals surface area contributed by atoms with E-state index in [4.69, 9.17) is 5.14 Å². The van der Waals surface area contributed by atoms with Crippen LogP contribution in [0.25, 0.3) is 0 Å². The van der Waals surface area contributed by atoms with Crippen molar-refractivity contribution in [2.24, 2.45) is 11.1 Å². The zero-order valence-corrected chi connectivity index (χ0v) is 15.9. The SMILES string of the molecule is Cc1nnc2n1[C@@H](CC(C)C)CN(C(=O)c1ccc(S(N)(=O)=O)cc1)C2. The lowest BCUT2D eigenvalue weighted by molar-refractivity contribution is 0.0660. The number of nitrogens with two attached hydrogens (primary N) is 1. The molecule has 0 bridgehead atoms. The van der Waals surface area contributed by atoms with Crippen molar-refractivity contribution < 1.29 is 13.2 Å². The number of amides is 1. The molecule has 1 aromatic heterocycles. The summed E-state index contributed by atoms with van der Waals surface area (Å²) < 4.78 is 24.8. The van der Waals surface area contributed by atoms with Crippen LogP contribution in [0.2, 0.25) is 0 Å². The predicted molar refractivity (Wildman–Crippen MR) is 95.8 cm³/mol.